The number of nitrogens with one attached hydrogen (secondary N) is 1. The van der Waals surface area contributed by atoms with Gasteiger partial charge in [0, 0.05) is 11.8 Å². The van der Waals surface area contributed by atoms with Crippen molar-refractivity contribution in [2.24, 2.45) is 0 Å². The van der Waals surface area contributed by atoms with Gasteiger partial charge in [-0.2, -0.15) is 0 Å². The van der Waals surface area contributed by atoms with Crippen LogP contribution in [0.3, 0.4) is 0 Å². The fraction of sp³-hybridized carbons (Fsp3) is 0.111. The lowest BCUT2D eigenvalue weighted by atomic mass is 10.1. The molecule has 0 radical (unpaired) electrons. The van der Waals surface area contributed by atoms with Gasteiger partial charge in [-0.05, 0) is 43.2 Å². The number of amides is 1. The van der Waals surface area contributed by atoms with E-state index in [0.29, 0.717) is 16.7 Å². The van der Waals surface area contributed by atoms with Crippen molar-refractivity contribution in [1.29, 1.82) is 0 Å². The third-order valence-corrected chi connectivity index (χ3v) is 3.41. The lowest BCUT2D eigenvalue weighted by Crippen LogP contribution is -2.15. The first-order valence-corrected chi connectivity index (χ1v) is 6.96. The molecule has 1 N–H and O–H groups in total. The van der Waals surface area contributed by atoms with Crippen LogP contribution in [0.25, 0.3) is 11.0 Å². The van der Waals surface area contributed by atoms with Crippen LogP contribution < -0.4 is 10.7 Å². The predicted molar refractivity (Wildman–Crippen MR) is 86.4 cm³/mol. The lowest BCUT2D eigenvalue weighted by Gasteiger charge is -2.07. The van der Waals surface area contributed by atoms with Crippen LogP contribution in [0, 0.1) is 13.8 Å². The monoisotopic (exact) mass is 293 g/mol. The fourth-order valence-corrected chi connectivity index (χ4v) is 2.44. The van der Waals surface area contributed by atoms with E-state index in [1.807, 2.05) is 38.1 Å². The number of hydrogen-bond donors (Lipinski definition) is 1. The Morgan fingerprint density at radius 2 is 1.77 bits per heavy atom. The van der Waals surface area contributed by atoms with E-state index in [2.05, 4.69) is 5.32 Å². The maximum Gasteiger partial charge on any atom is 0.291 e. The largest absolute Gasteiger partial charge is 0.450 e. The number of carbonyl (C=O) groups excluding carboxylic acids is 1. The molecule has 1 aromatic heterocycles. The van der Waals surface area contributed by atoms with E-state index in [9.17, 15) is 9.59 Å². The van der Waals surface area contributed by atoms with Gasteiger partial charge in [0.2, 0.25) is 0 Å². The van der Waals surface area contributed by atoms with Crippen LogP contribution in [-0.4, -0.2) is 5.91 Å². The molecule has 0 unspecified atom stereocenters. The highest BCUT2D eigenvalue weighted by Crippen LogP contribution is 2.19. The summed E-state index contributed by atoms with van der Waals surface area (Å²) >= 11 is 0. The van der Waals surface area contributed by atoms with Gasteiger partial charge in [0.25, 0.3) is 5.91 Å². The summed E-state index contributed by atoms with van der Waals surface area (Å²) in [5.41, 5.74) is 2.71. The first-order chi connectivity index (χ1) is 10.5. The molecule has 22 heavy (non-hydrogen) atoms. The van der Waals surface area contributed by atoms with E-state index in [4.69, 9.17) is 4.42 Å². The maximum atomic E-state index is 12.2. The van der Waals surface area contributed by atoms with Crippen LogP contribution >= 0.6 is 0 Å². The Hall–Kier alpha value is -2.88. The minimum atomic E-state index is -0.440. The Labute approximate surface area is 127 Å². The molecule has 0 aliphatic rings. The molecule has 2 aromatic carbocycles. The lowest BCUT2D eigenvalue weighted by molar-refractivity contribution is 0.0997. The maximum absolute atomic E-state index is 12.2. The standard InChI is InChI=1S/C18H15NO3/c1-11-8-12(2)17-14(9-11)15(20)10-16(22-17)18(21)19-13-6-4-3-5-7-13/h3-10H,1-2H3,(H,19,21). The molecule has 0 aliphatic carbocycles. The van der Waals surface area contributed by atoms with Crippen LogP contribution in [0.15, 0.2) is 57.7 Å². The molecule has 0 saturated carbocycles. The van der Waals surface area contributed by atoms with Gasteiger partial charge in [0.05, 0.1) is 5.39 Å². The van der Waals surface area contributed by atoms with Gasteiger partial charge in [-0.15, -0.1) is 0 Å². The van der Waals surface area contributed by atoms with Gasteiger partial charge in [-0.3, -0.25) is 9.59 Å². The summed E-state index contributed by atoms with van der Waals surface area (Å²) in [7, 11) is 0. The molecule has 0 spiro atoms. The van der Waals surface area contributed by atoms with E-state index in [1.54, 1.807) is 18.2 Å². The number of aryl methyl sites for hydroxylation is 2. The second-order valence-electron chi connectivity index (χ2n) is 5.25. The SMILES string of the molecule is Cc1cc(C)c2oc(C(=O)Nc3ccccc3)cc(=O)c2c1. The Morgan fingerprint density at radius 1 is 1.05 bits per heavy atom. The topological polar surface area (TPSA) is 59.3 Å². The van der Waals surface area contributed by atoms with Gasteiger partial charge in [0.15, 0.2) is 11.2 Å². The minimum absolute atomic E-state index is 0.00769. The molecule has 0 fully saturated rings. The zero-order chi connectivity index (χ0) is 15.7. The summed E-state index contributed by atoms with van der Waals surface area (Å²) in [6.07, 6.45) is 0. The number of para-hydroxylation sites is 1. The molecule has 4 heteroatoms. The van der Waals surface area contributed by atoms with Crippen molar-refractivity contribution in [3.05, 3.63) is 75.6 Å². The second kappa shape index (κ2) is 5.48. The summed E-state index contributed by atoms with van der Waals surface area (Å²) in [6, 6.07) is 14.0. The van der Waals surface area contributed by atoms with Gasteiger partial charge < -0.3 is 9.73 Å². The molecule has 0 atom stereocenters. The molecule has 0 aliphatic heterocycles. The van der Waals surface area contributed by atoms with Crippen molar-refractivity contribution in [2.45, 2.75) is 13.8 Å². The van der Waals surface area contributed by atoms with Crippen LogP contribution in [0.1, 0.15) is 21.7 Å². The molecule has 3 rings (SSSR count). The number of fused-ring (bicyclic) bond motifs is 1. The second-order valence-corrected chi connectivity index (χ2v) is 5.25. The molecular weight excluding hydrogens is 278 g/mol. The molecule has 110 valence electrons. The highest BCUT2D eigenvalue weighted by atomic mass is 16.3. The first kappa shape index (κ1) is 14.1. The molecule has 0 bridgehead atoms. The van der Waals surface area contributed by atoms with E-state index < -0.39 is 5.91 Å². The van der Waals surface area contributed by atoms with Crippen molar-refractivity contribution in [3.8, 4) is 0 Å². The van der Waals surface area contributed by atoms with E-state index in [-0.39, 0.29) is 11.2 Å². The number of benzene rings is 2. The normalized spacial score (nSPS) is 10.6. The quantitative estimate of drug-likeness (QED) is 0.784. The van der Waals surface area contributed by atoms with Crippen molar-refractivity contribution in [1.82, 2.24) is 0 Å². The van der Waals surface area contributed by atoms with Crippen molar-refractivity contribution in [3.63, 3.8) is 0 Å². The Kier molecular flexibility index (Phi) is 3.51. The Bertz CT molecular complexity index is 911. The van der Waals surface area contributed by atoms with Gasteiger partial charge in [-0.1, -0.05) is 24.3 Å². The Morgan fingerprint density at radius 3 is 2.50 bits per heavy atom. The van der Waals surface area contributed by atoms with E-state index >= 15 is 0 Å². The van der Waals surface area contributed by atoms with E-state index in [0.717, 1.165) is 11.1 Å². The smallest absolute Gasteiger partial charge is 0.291 e. The average Bonchev–Trinajstić information content (AvgIpc) is 2.49. The first-order valence-electron chi connectivity index (χ1n) is 6.96. The molecule has 0 saturated heterocycles. The zero-order valence-corrected chi connectivity index (χ0v) is 12.3. The predicted octanol–water partition coefficient (Wildman–Crippen LogP) is 3.66. The average molecular weight is 293 g/mol. The van der Waals surface area contributed by atoms with Crippen LogP contribution in [-0.2, 0) is 0 Å². The third-order valence-electron chi connectivity index (χ3n) is 3.41. The zero-order valence-electron chi connectivity index (χ0n) is 12.3. The highest BCUT2D eigenvalue weighted by molar-refractivity contribution is 6.03. The molecular formula is C18H15NO3. The van der Waals surface area contributed by atoms with Crippen molar-refractivity contribution >= 4 is 22.6 Å². The summed E-state index contributed by atoms with van der Waals surface area (Å²) in [5.74, 6) is -0.432. The molecule has 1 amide bonds. The summed E-state index contributed by atoms with van der Waals surface area (Å²) in [5, 5.41) is 3.20. The van der Waals surface area contributed by atoms with Crippen molar-refractivity contribution < 1.29 is 9.21 Å². The van der Waals surface area contributed by atoms with Gasteiger partial charge in [-0.25, -0.2) is 0 Å². The summed E-state index contributed by atoms with van der Waals surface area (Å²) in [6.45, 7) is 3.78. The van der Waals surface area contributed by atoms with Crippen LogP contribution in [0.2, 0.25) is 0 Å². The number of anilines is 1. The molecule has 1 heterocycles. The van der Waals surface area contributed by atoms with Gasteiger partial charge in [0.1, 0.15) is 5.58 Å². The number of hydrogen-bond acceptors (Lipinski definition) is 3. The molecule has 4 nitrogen and oxygen atoms in total. The number of carbonyl (C=O) groups is 1. The summed E-state index contributed by atoms with van der Waals surface area (Å²) in [4.78, 5) is 24.5. The highest BCUT2D eigenvalue weighted by Gasteiger charge is 2.14. The van der Waals surface area contributed by atoms with Crippen molar-refractivity contribution in [2.75, 3.05) is 5.32 Å². The minimum Gasteiger partial charge on any atom is -0.450 e. The summed E-state index contributed by atoms with van der Waals surface area (Å²) < 4.78 is 5.65. The van der Waals surface area contributed by atoms with Crippen LogP contribution in [0.5, 0.6) is 0 Å². The van der Waals surface area contributed by atoms with Crippen LogP contribution in [0.4, 0.5) is 5.69 Å². The fourth-order valence-electron chi connectivity index (χ4n) is 2.44. The third kappa shape index (κ3) is 2.63. The molecule has 3 aromatic rings. The van der Waals surface area contributed by atoms with E-state index in [1.165, 1.54) is 6.07 Å². The van der Waals surface area contributed by atoms with Gasteiger partial charge >= 0.3 is 0 Å². The Balaban J connectivity index is 2.05. The number of rotatable bonds is 2.